The number of hydrogen-bond donors (Lipinski definition) is 2. The van der Waals surface area contributed by atoms with Gasteiger partial charge in [-0.2, -0.15) is 0 Å². The van der Waals surface area contributed by atoms with Crippen LogP contribution >= 0.6 is 0 Å². The SMILES string of the molecule is COc1ccc(S(N)(=O)=O)cc1C(=O)NCC1CCCN1CC1CCC1. The van der Waals surface area contributed by atoms with E-state index in [2.05, 4.69) is 10.2 Å². The van der Waals surface area contributed by atoms with Gasteiger partial charge in [0.15, 0.2) is 0 Å². The summed E-state index contributed by atoms with van der Waals surface area (Å²) < 4.78 is 28.3. The normalized spacial score (nSPS) is 21.4. The molecule has 1 aromatic rings. The standard InChI is InChI=1S/C18H27N3O4S/c1-25-17-8-7-15(26(19,23)24)10-16(17)18(22)20-11-14-6-3-9-21(14)12-13-4-2-5-13/h7-8,10,13-14H,2-6,9,11-12H2,1H3,(H,20,22)(H2,19,23,24). The van der Waals surface area contributed by atoms with Gasteiger partial charge in [0, 0.05) is 19.1 Å². The second-order valence-electron chi connectivity index (χ2n) is 7.21. The average molecular weight is 381 g/mol. The van der Waals surface area contributed by atoms with Gasteiger partial charge >= 0.3 is 0 Å². The van der Waals surface area contributed by atoms with Crippen LogP contribution in [0, 0.1) is 5.92 Å². The zero-order chi connectivity index (χ0) is 18.7. The summed E-state index contributed by atoms with van der Waals surface area (Å²) in [5.41, 5.74) is 0.183. The molecule has 7 nitrogen and oxygen atoms in total. The summed E-state index contributed by atoms with van der Waals surface area (Å²) in [7, 11) is -2.43. The molecule has 0 bridgehead atoms. The molecular formula is C18H27N3O4S. The number of nitrogens with one attached hydrogen (secondary N) is 1. The summed E-state index contributed by atoms with van der Waals surface area (Å²) in [5, 5.41) is 8.10. The lowest BCUT2D eigenvalue weighted by Crippen LogP contribution is -2.43. The van der Waals surface area contributed by atoms with Gasteiger partial charge in [-0.3, -0.25) is 9.69 Å². The molecule has 1 saturated heterocycles. The molecule has 1 aromatic carbocycles. The highest BCUT2D eigenvalue weighted by atomic mass is 32.2. The number of nitrogens with two attached hydrogens (primary N) is 1. The Morgan fingerprint density at radius 1 is 1.31 bits per heavy atom. The number of ether oxygens (including phenoxy) is 1. The molecule has 3 N–H and O–H groups in total. The Labute approximate surface area is 154 Å². The average Bonchev–Trinajstić information content (AvgIpc) is 3.01. The summed E-state index contributed by atoms with van der Waals surface area (Å²) >= 11 is 0. The van der Waals surface area contributed by atoms with Crippen LogP contribution in [0.25, 0.3) is 0 Å². The molecular weight excluding hydrogens is 354 g/mol. The van der Waals surface area contributed by atoms with Crippen molar-refractivity contribution in [1.29, 1.82) is 0 Å². The van der Waals surface area contributed by atoms with Crippen LogP contribution in [-0.4, -0.2) is 52.0 Å². The smallest absolute Gasteiger partial charge is 0.255 e. The van der Waals surface area contributed by atoms with Crippen molar-refractivity contribution in [3.63, 3.8) is 0 Å². The predicted octanol–water partition coefficient (Wildman–Crippen LogP) is 1.34. The lowest BCUT2D eigenvalue weighted by atomic mass is 9.85. The van der Waals surface area contributed by atoms with Gasteiger partial charge < -0.3 is 10.1 Å². The third-order valence-electron chi connectivity index (χ3n) is 5.46. The second-order valence-corrected chi connectivity index (χ2v) is 8.77. The van der Waals surface area contributed by atoms with Crippen LogP contribution in [0.15, 0.2) is 23.1 Å². The van der Waals surface area contributed by atoms with E-state index in [0.29, 0.717) is 18.3 Å². The van der Waals surface area contributed by atoms with Crippen molar-refractivity contribution >= 4 is 15.9 Å². The van der Waals surface area contributed by atoms with Crippen LogP contribution in [0.4, 0.5) is 0 Å². The van der Waals surface area contributed by atoms with Crippen LogP contribution in [0.3, 0.4) is 0 Å². The van der Waals surface area contributed by atoms with Crippen molar-refractivity contribution in [2.75, 3.05) is 26.7 Å². The molecule has 1 atom stereocenters. The van der Waals surface area contributed by atoms with E-state index >= 15 is 0 Å². The van der Waals surface area contributed by atoms with E-state index < -0.39 is 10.0 Å². The largest absolute Gasteiger partial charge is 0.496 e. The van der Waals surface area contributed by atoms with Gasteiger partial charge in [0.1, 0.15) is 5.75 Å². The zero-order valence-electron chi connectivity index (χ0n) is 15.1. The van der Waals surface area contributed by atoms with E-state index in [4.69, 9.17) is 9.88 Å². The number of likely N-dealkylation sites (tertiary alicyclic amines) is 1. The summed E-state index contributed by atoms with van der Waals surface area (Å²) in [6.07, 6.45) is 6.18. The molecule has 144 valence electrons. The Kier molecular flexibility index (Phi) is 5.84. The first kappa shape index (κ1) is 19.1. The highest BCUT2D eigenvalue weighted by molar-refractivity contribution is 7.89. The second kappa shape index (κ2) is 7.94. The third kappa shape index (κ3) is 4.36. The minimum Gasteiger partial charge on any atom is -0.496 e. The molecule has 2 fully saturated rings. The highest BCUT2D eigenvalue weighted by Crippen LogP contribution is 2.30. The number of sulfonamides is 1. The number of carbonyl (C=O) groups excluding carboxylic acids is 1. The van der Waals surface area contributed by atoms with Crippen molar-refractivity contribution in [1.82, 2.24) is 10.2 Å². The number of primary sulfonamides is 1. The summed E-state index contributed by atoms with van der Waals surface area (Å²) in [6, 6.07) is 4.40. The molecule has 1 heterocycles. The number of methoxy groups -OCH3 is 1. The number of benzene rings is 1. The van der Waals surface area contributed by atoms with E-state index in [0.717, 1.165) is 31.8 Å². The van der Waals surface area contributed by atoms with Crippen LogP contribution in [0.5, 0.6) is 5.75 Å². The highest BCUT2D eigenvalue weighted by Gasteiger charge is 2.29. The minimum atomic E-state index is -3.88. The topological polar surface area (TPSA) is 102 Å². The zero-order valence-corrected chi connectivity index (χ0v) is 15.9. The van der Waals surface area contributed by atoms with Crippen molar-refractivity contribution in [3.8, 4) is 5.75 Å². The van der Waals surface area contributed by atoms with Crippen molar-refractivity contribution in [2.24, 2.45) is 11.1 Å². The Bertz CT molecular complexity index is 762. The maximum Gasteiger partial charge on any atom is 0.255 e. The van der Waals surface area contributed by atoms with Crippen molar-refractivity contribution in [2.45, 2.75) is 43.0 Å². The van der Waals surface area contributed by atoms with Crippen molar-refractivity contribution in [3.05, 3.63) is 23.8 Å². The first-order valence-electron chi connectivity index (χ1n) is 9.11. The van der Waals surface area contributed by atoms with Crippen LogP contribution in [-0.2, 0) is 10.0 Å². The summed E-state index contributed by atoms with van der Waals surface area (Å²) in [4.78, 5) is 15.0. The lowest BCUT2D eigenvalue weighted by molar-refractivity contribution is 0.0930. The van der Waals surface area contributed by atoms with Gasteiger partial charge in [-0.05, 0) is 56.3 Å². The molecule has 1 aliphatic heterocycles. The first-order chi connectivity index (χ1) is 12.4. The lowest BCUT2D eigenvalue weighted by Gasteiger charge is -2.33. The Morgan fingerprint density at radius 3 is 2.69 bits per heavy atom. The monoisotopic (exact) mass is 381 g/mol. The molecule has 1 saturated carbocycles. The van der Waals surface area contributed by atoms with Crippen LogP contribution in [0.2, 0.25) is 0 Å². The number of hydrogen-bond acceptors (Lipinski definition) is 5. The van der Waals surface area contributed by atoms with E-state index in [1.165, 1.54) is 44.6 Å². The molecule has 8 heteroatoms. The Hall–Kier alpha value is -1.64. The molecule has 1 unspecified atom stereocenters. The van der Waals surface area contributed by atoms with Gasteiger partial charge in [-0.1, -0.05) is 6.42 Å². The minimum absolute atomic E-state index is 0.101. The number of nitrogens with zero attached hydrogens (tertiary/aromatic N) is 1. The summed E-state index contributed by atoms with van der Waals surface area (Å²) in [6.45, 7) is 2.75. The molecule has 1 aliphatic carbocycles. The fourth-order valence-corrected chi connectivity index (χ4v) is 4.26. The maximum absolute atomic E-state index is 12.6. The Balaban J connectivity index is 1.65. The summed E-state index contributed by atoms with van der Waals surface area (Å²) in [5.74, 6) is 0.785. The fraction of sp³-hybridized carbons (Fsp3) is 0.611. The predicted molar refractivity (Wildman–Crippen MR) is 98.6 cm³/mol. The van der Waals surface area contributed by atoms with Crippen LogP contribution < -0.4 is 15.2 Å². The van der Waals surface area contributed by atoms with Gasteiger partial charge in [0.05, 0.1) is 17.6 Å². The van der Waals surface area contributed by atoms with Gasteiger partial charge in [-0.25, -0.2) is 13.6 Å². The maximum atomic E-state index is 12.6. The molecule has 3 rings (SSSR count). The molecule has 26 heavy (non-hydrogen) atoms. The quantitative estimate of drug-likeness (QED) is 0.742. The number of rotatable bonds is 7. The first-order valence-corrected chi connectivity index (χ1v) is 10.7. The van der Waals surface area contributed by atoms with E-state index in [1.54, 1.807) is 0 Å². The van der Waals surface area contributed by atoms with E-state index in [-0.39, 0.29) is 16.4 Å². The Morgan fingerprint density at radius 2 is 2.08 bits per heavy atom. The van der Waals surface area contributed by atoms with Gasteiger partial charge in [-0.15, -0.1) is 0 Å². The van der Waals surface area contributed by atoms with Crippen LogP contribution in [0.1, 0.15) is 42.5 Å². The van der Waals surface area contributed by atoms with Gasteiger partial charge in [0.25, 0.3) is 5.91 Å². The number of amides is 1. The van der Waals surface area contributed by atoms with Crippen molar-refractivity contribution < 1.29 is 17.9 Å². The molecule has 0 spiro atoms. The number of carbonyl (C=O) groups is 1. The fourth-order valence-electron chi connectivity index (χ4n) is 3.72. The molecule has 1 amide bonds. The van der Waals surface area contributed by atoms with Gasteiger partial charge in [0.2, 0.25) is 10.0 Å². The third-order valence-corrected chi connectivity index (χ3v) is 6.37. The molecule has 0 aromatic heterocycles. The van der Waals surface area contributed by atoms with E-state index in [9.17, 15) is 13.2 Å². The molecule has 2 aliphatic rings. The molecule has 0 radical (unpaired) electrons. The van der Waals surface area contributed by atoms with E-state index in [1.807, 2.05) is 0 Å².